The van der Waals surface area contributed by atoms with Crippen LogP contribution in [0.3, 0.4) is 0 Å². The first-order valence-electron chi connectivity index (χ1n) is 18.7. The van der Waals surface area contributed by atoms with Crippen molar-refractivity contribution < 1.29 is 0 Å². The molecule has 0 saturated carbocycles. The fourth-order valence-electron chi connectivity index (χ4n) is 9.70. The largest absolute Gasteiger partial charge is 0.0616 e. The number of fused-ring (bicyclic) bond motifs is 9. The SMILES string of the molecule is CC1(C)c2cc3ccccc3cc2-c2cccc(-c3c4ccccc4c(-c4ccccc4-c4cc5ccccc5c5ccccc45)c4ccccc34)c21. The summed E-state index contributed by atoms with van der Waals surface area (Å²) in [6.45, 7) is 4.83. The standard InChI is InChI=1S/C53H36/c1-53(2)49-32-34-17-4-3-16-33(34)30-48(49)45-28-15-29-46(52(45)53)51-43-26-13-11-24-41(43)50(42-25-12-14-27-44(42)51)40-23-10-9-22-39(40)47-31-35-18-5-6-19-36(35)37-20-7-8-21-38(37)47/h3-32H,1-2H3. The smallest absolute Gasteiger partial charge is 0.0165 e. The molecule has 0 radical (unpaired) electrons. The highest BCUT2D eigenvalue weighted by molar-refractivity contribution is 6.24. The van der Waals surface area contributed by atoms with Crippen LogP contribution in [0.15, 0.2) is 182 Å². The maximum Gasteiger partial charge on any atom is 0.0165 e. The molecule has 0 spiro atoms. The van der Waals surface area contributed by atoms with E-state index in [4.69, 9.17) is 0 Å². The lowest BCUT2D eigenvalue weighted by Crippen LogP contribution is -2.16. The molecule has 0 aliphatic heterocycles. The molecule has 0 heterocycles. The van der Waals surface area contributed by atoms with E-state index < -0.39 is 0 Å². The minimum atomic E-state index is -0.171. The fraction of sp³-hybridized carbons (Fsp3) is 0.0566. The Morgan fingerprint density at radius 3 is 1.38 bits per heavy atom. The summed E-state index contributed by atoms with van der Waals surface area (Å²) in [5, 5.41) is 12.8. The van der Waals surface area contributed by atoms with Crippen molar-refractivity contribution in [3.63, 3.8) is 0 Å². The quantitative estimate of drug-likeness (QED) is 0.129. The van der Waals surface area contributed by atoms with Crippen LogP contribution in [-0.2, 0) is 5.41 Å². The van der Waals surface area contributed by atoms with Crippen molar-refractivity contribution in [2.75, 3.05) is 0 Å². The summed E-state index contributed by atoms with van der Waals surface area (Å²) in [4.78, 5) is 0. The molecule has 0 bridgehead atoms. The van der Waals surface area contributed by atoms with E-state index in [9.17, 15) is 0 Å². The van der Waals surface area contributed by atoms with Gasteiger partial charge in [-0.05, 0) is 128 Å². The summed E-state index contributed by atoms with van der Waals surface area (Å²) in [7, 11) is 0. The molecule has 1 aliphatic carbocycles. The van der Waals surface area contributed by atoms with Gasteiger partial charge in [0.25, 0.3) is 0 Å². The minimum Gasteiger partial charge on any atom is -0.0616 e. The van der Waals surface area contributed by atoms with E-state index in [1.807, 2.05) is 0 Å². The maximum absolute atomic E-state index is 2.43. The average molecular weight is 673 g/mol. The molecule has 0 unspecified atom stereocenters. The van der Waals surface area contributed by atoms with Crippen molar-refractivity contribution in [3.8, 4) is 44.5 Å². The summed E-state index contributed by atoms with van der Waals surface area (Å²) in [5.41, 5.74) is 13.0. The lowest BCUT2D eigenvalue weighted by atomic mass is 9.76. The van der Waals surface area contributed by atoms with Crippen molar-refractivity contribution in [1.29, 1.82) is 0 Å². The van der Waals surface area contributed by atoms with Crippen molar-refractivity contribution in [1.82, 2.24) is 0 Å². The van der Waals surface area contributed by atoms with Crippen LogP contribution in [0.4, 0.5) is 0 Å². The van der Waals surface area contributed by atoms with Gasteiger partial charge in [0, 0.05) is 5.41 Å². The molecule has 0 heteroatoms. The van der Waals surface area contributed by atoms with E-state index in [0.29, 0.717) is 0 Å². The second-order valence-electron chi connectivity index (χ2n) is 15.2. The molecule has 10 aromatic carbocycles. The number of benzene rings is 10. The summed E-state index contributed by atoms with van der Waals surface area (Å²) in [5.74, 6) is 0. The van der Waals surface area contributed by atoms with Gasteiger partial charge in [0.05, 0.1) is 0 Å². The van der Waals surface area contributed by atoms with Crippen LogP contribution in [0.5, 0.6) is 0 Å². The Morgan fingerprint density at radius 1 is 0.283 bits per heavy atom. The number of rotatable bonds is 3. The predicted molar refractivity (Wildman–Crippen MR) is 228 cm³/mol. The third kappa shape index (κ3) is 4.30. The predicted octanol–water partition coefficient (Wildman–Crippen LogP) is 14.8. The van der Waals surface area contributed by atoms with Crippen LogP contribution in [-0.4, -0.2) is 0 Å². The van der Waals surface area contributed by atoms with E-state index in [2.05, 4.69) is 196 Å². The van der Waals surface area contributed by atoms with Gasteiger partial charge in [-0.1, -0.05) is 178 Å². The van der Waals surface area contributed by atoms with Crippen LogP contribution in [0.1, 0.15) is 25.0 Å². The topological polar surface area (TPSA) is 0 Å². The van der Waals surface area contributed by atoms with E-state index in [0.717, 1.165) is 0 Å². The monoisotopic (exact) mass is 672 g/mol. The van der Waals surface area contributed by atoms with Crippen molar-refractivity contribution in [3.05, 3.63) is 193 Å². The summed E-state index contributed by atoms with van der Waals surface area (Å²) in [6, 6.07) is 67.9. The normalized spacial score (nSPS) is 13.2. The maximum atomic E-state index is 2.43. The molecular weight excluding hydrogens is 637 g/mol. The van der Waals surface area contributed by atoms with Gasteiger partial charge in [-0.3, -0.25) is 0 Å². The number of hydrogen-bond donors (Lipinski definition) is 0. The summed E-state index contributed by atoms with van der Waals surface area (Å²) < 4.78 is 0. The first-order valence-corrected chi connectivity index (χ1v) is 18.7. The lowest BCUT2D eigenvalue weighted by molar-refractivity contribution is 0.663. The van der Waals surface area contributed by atoms with E-state index >= 15 is 0 Å². The number of hydrogen-bond acceptors (Lipinski definition) is 0. The zero-order valence-electron chi connectivity index (χ0n) is 29.8. The molecule has 0 saturated heterocycles. The van der Waals surface area contributed by atoms with Crippen molar-refractivity contribution in [2.24, 2.45) is 0 Å². The zero-order chi connectivity index (χ0) is 35.3. The molecule has 10 aromatic rings. The Kier molecular flexibility index (Phi) is 6.40. The molecular formula is C53H36. The van der Waals surface area contributed by atoms with E-state index in [1.54, 1.807) is 0 Å². The third-order valence-electron chi connectivity index (χ3n) is 12.0. The van der Waals surface area contributed by atoms with Crippen LogP contribution in [0.25, 0.3) is 98.4 Å². The van der Waals surface area contributed by atoms with Crippen LogP contribution in [0.2, 0.25) is 0 Å². The van der Waals surface area contributed by atoms with Gasteiger partial charge in [-0.2, -0.15) is 0 Å². The molecule has 248 valence electrons. The van der Waals surface area contributed by atoms with Crippen molar-refractivity contribution >= 4 is 53.9 Å². The van der Waals surface area contributed by atoms with Gasteiger partial charge in [-0.25, -0.2) is 0 Å². The Labute approximate surface area is 309 Å². The third-order valence-corrected chi connectivity index (χ3v) is 12.0. The summed E-state index contributed by atoms with van der Waals surface area (Å²) in [6.07, 6.45) is 0. The second kappa shape index (κ2) is 11.2. The van der Waals surface area contributed by atoms with E-state index in [-0.39, 0.29) is 5.41 Å². The Balaban J connectivity index is 1.22. The summed E-state index contributed by atoms with van der Waals surface area (Å²) >= 11 is 0. The van der Waals surface area contributed by atoms with Crippen LogP contribution >= 0.6 is 0 Å². The molecule has 53 heavy (non-hydrogen) atoms. The molecule has 0 nitrogen and oxygen atoms in total. The zero-order valence-corrected chi connectivity index (χ0v) is 29.8. The van der Waals surface area contributed by atoms with Gasteiger partial charge in [0.15, 0.2) is 0 Å². The Morgan fingerprint density at radius 2 is 0.717 bits per heavy atom. The first-order chi connectivity index (χ1) is 26.1. The Bertz CT molecular complexity index is 3080. The molecule has 0 aromatic heterocycles. The van der Waals surface area contributed by atoms with E-state index in [1.165, 1.54) is 109 Å². The Hall–Kier alpha value is -6.50. The highest BCUT2D eigenvalue weighted by Gasteiger charge is 2.38. The van der Waals surface area contributed by atoms with Gasteiger partial charge >= 0.3 is 0 Å². The average Bonchev–Trinajstić information content (AvgIpc) is 3.44. The molecule has 0 fully saturated rings. The van der Waals surface area contributed by atoms with Gasteiger partial charge in [-0.15, -0.1) is 0 Å². The molecule has 0 N–H and O–H groups in total. The molecule has 0 amide bonds. The molecule has 0 atom stereocenters. The van der Waals surface area contributed by atoms with Crippen molar-refractivity contribution in [2.45, 2.75) is 19.3 Å². The second-order valence-corrected chi connectivity index (χ2v) is 15.2. The van der Waals surface area contributed by atoms with Gasteiger partial charge < -0.3 is 0 Å². The van der Waals surface area contributed by atoms with Gasteiger partial charge in [0.1, 0.15) is 0 Å². The molecule has 11 rings (SSSR count). The lowest BCUT2D eigenvalue weighted by Gasteiger charge is -2.27. The van der Waals surface area contributed by atoms with Gasteiger partial charge in [0.2, 0.25) is 0 Å². The fourth-order valence-corrected chi connectivity index (χ4v) is 9.70. The highest BCUT2D eigenvalue weighted by Crippen LogP contribution is 2.55. The highest BCUT2D eigenvalue weighted by atomic mass is 14.4. The van der Waals surface area contributed by atoms with Crippen LogP contribution in [0, 0.1) is 0 Å². The van der Waals surface area contributed by atoms with Crippen LogP contribution < -0.4 is 0 Å². The first kappa shape index (κ1) is 30.2. The minimum absolute atomic E-state index is 0.171. The molecule has 1 aliphatic rings.